The molecule has 7 heteroatoms. The van der Waals surface area contributed by atoms with Crippen LogP contribution in [0.2, 0.25) is 0 Å². The highest BCUT2D eigenvalue weighted by atomic mass is 16.7. The van der Waals surface area contributed by atoms with Gasteiger partial charge >= 0.3 is 12.1 Å². The van der Waals surface area contributed by atoms with Gasteiger partial charge in [-0.05, 0) is 52.3 Å². The maximum atomic E-state index is 11.7. The van der Waals surface area contributed by atoms with E-state index in [1.807, 2.05) is 26.8 Å². The van der Waals surface area contributed by atoms with Crippen LogP contribution >= 0.6 is 0 Å². The summed E-state index contributed by atoms with van der Waals surface area (Å²) in [5.41, 5.74) is 2.72. The molecule has 1 aromatic rings. The second-order valence-corrected chi connectivity index (χ2v) is 6.54. The van der Waals surface area contributed by atoms with Crippen LogP contribution in [0.25, 0.3) is 0 Å². The van der Waals surface area contributed by atoms with Crippen molar-refractivity contribution < 1.29 is 19.2 Å². The van der Waals surface area contributed by atoms with E-state index in [1.165, 1.54) is 0 Å². The first-order valence-electron chi connectivity index (χ1n) is 8.55. The van der Waals surface area contributed by atoms with Crippen LogP contribution in [0, 0.1) is 0 Å². The van der Waals surface area contributed by atoms with E-state index < -0.39 is 11.7 Å². The molecule has 0 radical (unpaired) electrons. The van der Waals surface area contributed by atoms with Gasteiger partial charge in [-0.1, -0.05) is 18.2 Å². The van der Waals surface area contributed by atoms with Crippen LogP contribution in [-0.4, -0.2) is 43.8 Å². The number of alkyl carbamates (subject to hydrolysis) is 1. The highest BCUT2D eigenvalue weighted by Crippen LogP contribution is 2.06. The summed E-state index contributed by atoms with van der Waals surface area (Å²) in [4.78, 5) is 28.0. The lowest BCUT2D eigenvalue weighted by Gasteiger charge is -2.19. The van der Waals surface area contributed by atoms with Gasteiger partial charge in [0.25, 0.3) is 0 Å². The summed E-state index contributed by atoms with van der Waals surface area (Å²) in [6.45, 7) is 8.10. The van der Waals surface area contributed by atoms with E-state index >= 15 is 0 Å². The Morgan fingerprint density at radius 3 is 2.32 bits per heavy atom. The van der Waals surface area contributed by atoms with Gasteiger partial charge in [-0.15, -0.1) is 0 Å². The Bertz CT molecular complexity index is 515. The number of amides is 1. The van der Waals surface area contributed by atoms with Gasteiger partial charge in [-0.2, -0.15) is 5.48 Å². The number of hydrogen-bond acceptors (Lipinski definition) is 6. The summed E-state index contributed by atoms with van der Waals surface area (Å²) in [5.74, 6) is -0.382. The van der Waals surface area contributed by atoms with E-state index in [2.05, 4.69) is 16.1 Å². The predicted octanol–water partition coefficient (Wildman–Crippen LogP) is 2.24. The molecule has 0 heterocycles. The van der Waals surface area contributed by atoms with E-state index in [9.17, 15) is 9.59 Å². The lowest BCUT2D eigenvalue weighted by atomic mass is 10.2. The lowest BCUT2D eigenvalue weighted by molar-refractivity contribution is 0.0251. The van der Waals surface area contributed by atoms with Gasteiger partial charge in [0.05, 0.1) is 5.56 Å². The van der Waals surface area contributed by atoms with Gasteiger partial charge in [0.2, 0.25) is 0 Å². The first-order valence-corrected chi connectivity index (χ1v) is 8.55. The third kappa shape index (κ3) is 11.1. The van der Waals surface area contributed by atoms with Crippen molar-refractivity contribution in [3.63, 3.8) is 0 Å². The fourth-order valence-corrected chi connectivity index (χ4v) is 1.89. The van der Waals surface area contributed by atoms with Crippen molar-refractivity contribution in [2.75, 3.05) is 26.2 Å². The number of hydrogen-bond donors (Lipinski definition) is 3. The minimum atomic E-state index is -0.478. The largest absolute Gasteiger partial charge is 0.444 e. The number of benzene rings is 1. The predicted molar refractivity (Wildman–Crippen MR) is 96.2 cm³/mol. The summed E-state index contributed by atoms with van der Waals surface area (Å²) >= 11 is 0. The van der Waals surface area contributed by atoms with Crippen LogP contribution in [0.4, 0.5) is 4.79 Å². The van der Waals surface area contributed by atoms with E-state index in [1.54, 1.807) is 24.3 Å². The second-order valence-electron chi connectivity index (χ2n) is 6.54. The van der Waals surface area contributed by atoms with Crippen LogP contribution < -0.4 is 16.1 Å². The van der Waals surface area contributed by atoms with E-state index in [0.717, 1.165) is 19.4 Å². The average molecular weight is 351 g/mol. The van der Waals surface area contributed by atoms with Crippen molar-refractivity contribution in [3.8, 4) is 0 Å². The average Bonchev–Trinajstić information content (AvgIpc) is 2.55. The molecule has 0 bridgehead atoms. The van der Waals surface area contributed by atoms with Crippen molar-refractivity contribution in [2.24, 2.45) is 0 Å². The molecule has 25 heavy (non-hydrogen) atoms. The molecule has 0 aliphatic rings. The monoisotopic (exact) mass is 351 g/mol. The lowest BCUT2D eigenvalue weighted by Crippen LogP contribution is -2.36. The summed E-state index contributed by atoms with van der Waals surface area (Å²) in [7, 11) is 0. The highest BCUT2D eigenvalue weighted by molar-refractivity contribution is 5.89. The van der Waals surface area contributed by atoms with Crippen LogP contribution in [0.15, 0.2) is 30.3 Å². The zero-order chi connectivity index (χ0) is 18.5. The van der Waals surface area contributed by atoms with Gasteiger partial charge in [0, 0.05) is 19.6 Å². The molecule has 0 atom stereocenters. The minimum Gasteiger partial charge on any atom is -0.444 e. The molecule has 1 amide bonds. The SMILES string of the molecule is CC(C)(C)OC(=O)NCCNCCCCNOC(=O)c1ccccc1. The molecular formula is C18H29N3O4. The molecule has 7 nitrogen and oxygen atoms in total. The Balaban J connectivity index is 1.91. The Morgan fingerprint density at radius 1 is 0.960 bits per heavy atom. The Labute approximate surface area is 149 Å². The Morgan fingerprint density at radius 2 is 1.64 bits per heavy atom. The summed E-state index contributed by atoms with van der Waals surface area (Å²) < 4.78 is 5.13. The molecule has 0 saturated heterocycles. The number of hydroxylamine groups is 1. The molecule has 1 aromatic carbocycles. The molecule has 0 saturated carbocycles. The summed E-state index contributed by atoms with van der Waals surface area (Å²) in [6, 6.07) is 8.85. The van der Waals surface area contributed by atoms with Gasteiger partial charge in [-0.25, -0.2) is 9.59 Å². The smallest absolute Gasteiger partial charge is 0.407 e. The molecule has 0 aromatic heterocycles. The van der Waals surface area contributed by atoms with Gasteiger partial charge in [-0.3, -0.25) is 0 Å². The van der Waals surface area contributed by atoms with Crippen LogP contribution in [-0.2, 0) is 9.57 Å². The van der Waals surface area contributed by atoms with Crippen LogP contribution in [0.1, 0.15) is 44.0 Å². The normalized spacial score (nSPS) is 11.0. The molecule has 0 aliphatic carbocycles. The highest BCUT2D eigenvalue weighted by Gasteiger charge is 2.15. The molecule has 0 spiro atoms. The first-order chi connectivity index (χ1) is 11.9. The fourth-order valence-electron chi connectivity index (χ4n) is 1.89. The topological polar surface area (TPSA) is 88.7 Å². The number of ether oxygens (including phenoxy) is 1. The molecular weight excluding hydrogens is 322 g/mol. The second kappa shape index (κ2) is 11.4. The number of carbonyl (C=O) groups is 2. The molecule has 0 aliphatic heterocycles. The van der Waals surface area contributed by atoms with Crippen molar-refractivity contribution in [1.82, 2.24) is 16.1 Å². The standard InChI is InChI=1S/C18H29N3O4/c1-18(2,3)24-17(23)20-14-13-19-11-7-8-12-21-25-16(22)15-9-5-4-6-10-15/h4-6,9-10,19,21H,7-8,11-14H2,1-3H3,(H,20,23). The van der Waals surface area contributed by atoms with E-state index in [-0.39, 0.29) is 5.97 Å². The van der Waals surface area contributed by atoms with Crippen LogP contribution in [0.5, 0.6) is 0 Å². The summed E-state index contributed by atoms with van der Waals surface area (Å²) in [5, 5.41) is 5.91. The van der Waals surface area contributed by atoms with Gasteiger partial charge in [0.15, 0.2) is 0 Å². The zero-order valence-corrected chi connectivity index (χ0v) is 15.3. The maximum Gasteiger partial charge on any atom is 0.407 e. The number of rotatable bonds is 10. The third-order valence-electron chi connectivity index (χ3n) is 3.03. The zero-order valence-electron chi connectivity index (χ0n) is 15.3. The van der Waals surface area contributed by atoms with Crippen LogP contribution in [0.3, 0.4) is 0 Å². The molecule has 1 rings (SSSR count). The Kier molecular flexibility index (Phi) is 9.57. The van der Waals surface area contributed by atoms with Crippen molar-refractivity contribution >= 4 is 12.1 Å². The van der Waals surface area contributed by atoms with E-state index in [0.29, 0.717) is 25.2 Å². The molecule has 0 fully saturated rings. The fraction of sp³-hybridized carbons (Fsp3) is 0.556. The van der Waals surface area contributed by atoms with Crippen molar-refractivity contribution in [1.29, 1.82) is 0 Å². The van der Waals surface area contributed by atoms with Gasteiger partial charge in [0.1, 0.15) is 5.60 Å². The quantitative estimate of drug-likeness (QED) is 0.443. The molecule has 3 N–H and O–H groups in total. The van der Waals surface area contributed by atoms with Crippen molar-refractivity contribution in [3.05, 3.63) is 35.9 Å². The number of carbonyl (C=O) groups excluding carboxylic acids is 2. The number of nitrogens with one attached hydrogen (secondary N) is 3. The number of unbranched alkanes of at least 4 members (excludes halogenated alkanes) is 1. The summed E-state index contributed by atoms with van der Waals surface area (Å²) in [6.07, 6.45) is 1.40. The Hall–Kier alpha value is -2.12. The van der Waals surface area contributed by atoms with Crippen molar-refractivity contribution in [2.45, 2.75) is 39.2 Å². The first kappa shape index (κ1) is 20.9. The van der Waals surface area contributed by atoms with E-state index in [4.69, 9.17) is 9.57 Å². The minimum absolute atomic E-state index is 0.382. The van der Waals surface area contributed by atoms with Gasteiger partial charge < -0.3 is 20.2 Å². The maximum absolute atomic E-state index is 11.7. The molecule has 0 unspecified atom stereocenters. The third-order valence-corrected chi connectivity index (χ3v) is 3.03. The molecule has 140 valence electrons.